The summed E-state index contributed by atoms with van der Waals surface area (Å²) in [6.07, 6.45) is 0.516. The van der Waals surface area contributed by atoms with E-state index in [-0.39, 0.29) is 35.4 Å². The summed E-state index contributed by atoms with van der Waals surface area (Å²) >= 11 is 3.22. The molecule has 1 aliphatic rings. The minimum absolute atomic E-state index is 0.125. The highest BCUT2D eigenvalue weighted by molar-refractivity contribution is 9.10. The van der Waals surface area contributed by atoms with Crippen LogP contribution in [-0.4, -0.2) is 63.9 Å². The van der Waals surface area contributed by atoms with Crippen molar-refractivity contribution in [3.63, 3.8) is 0 Å². The lowest BCUT2D eigenvalue weighted by atomic mass is 10.1. The average Bonchev–Trinajstić information content (AvgIpc) is 2.59. The third-order valence-corrected chi connectivity index (χ3v) is 4.66. The molecule has 1 saturated heterocycles. The van der Waals surface area contributed by atoms with E-state index in [4.69, 9.17) is 4.74 Å². The monoisotopic (exact) mass is 441 g/mol. The molecule has 1 aliphatic heterocycles. The van der Waals surface area contributed by atoms with Crippen LogP contribution in [-0.2, 0) is 4.74 Å². The third kappa shape index (κ3) is 4.64. The Bertz CT molecular complexity index is 789. The topological polar surface area (TPSA) is 133 Å². The molecule has 146 valence electrons. The van der Waals surface area contributed by atoms with E-state index in [1.807, 2.05) is 6.07 Å². The van der Waals surface area contributed by atoms with Crippen molar-refractivity contribution in [3.8, 4) is 6.07 Å². The van der Waals surface area contributed by atoms with E-state index in [0.717, 1.165) is 6.20 Å². The molecular weight excluding hydrogens is 422 g/mol. The lowest BCUT2D eigenvalue weighted by Gasteiger charge is -2.41. The molecule has 0 saturated carbocycles. The van der Waals surface area contributed by atoms with Crippen molar-refractivity contribution >= 4 is 33.5 Å². The molecule has 0 unspecified atom stereocenters. The van der Waals surface area contributed by atoms with Gasteiger partial charge in [0.25, 0.3) is 0 Å². The number of pyridine rings is 1. The number of hydrogen-bond donors (Lipinski definition) is 1. The van der Waals surface area contributed by atoms with E-state index < -0.39 is 22.7 Å². The first kappa shape index (κ1) is 20.9. The van der Waals surface area contributed by atoms with E-state index in [2.05, 4.69) is 20.9 Å². The Morgan fingerprint density at radius 1 is 1.56 bits per heavy atom. The molecule has 1 atom stereocenters. The minimum atomic E-state index is -0.670. The Morgan fingerprint density at radius 3 is 2.74 bits per heavy atom. The van der Waals surface area contributed by atoms with Crippen LogP contribution in [0.2, 0.25) is 0 Å². The fourth-order valence-corrected chi connectivity index (χ4v) is 3.34. The van der Waals surface area contributed by atoms with Gasteiger partial charge in [0.1, 0.15) is 29.2 Å². The molecule has 1 fully saturated rings. The first-order valence-corrected chi connectivity index (χ1v) is 8.96. The summed E-state index contributed by atoms with van der Waals surface area (Å²) in [7, 11) is 0. The number of nitrogens with zero attached hydrogens (tertiary/aromatic N) is 5. The number of nitriles is 1. The second-order valence-corrected chi connectivity index (χ2v) is 7.77. The van der Waals surface area contributed by atoms with Gasteiger partial charge >= 0.3 is 11.8 Å². The predicted octanol–water partition coefficient (Wildman–Crippen LogP) is 2.04. The van der Waals surface area contributed by atoms with Crippen molar-refractivity contribution in [2.75, 3.05) is 31.1 Å². The number of nitro groups is 1. The first-order chi connectivity index (χ1) is 12.6. The van der Waals surface area contributed by atoms with Gasteiger partial charge in [-0.2, -0.15) is 5.26 Å². The number of anilines is 1. The van der Waals surface area contributed by atoms with Gasteiger partial charge in [-0.15, -0.1) is 0 Å². The van der Waals surface area contributed by atoms with Gasteiger partial charge in [0.2, 0.25) is 0 Å². The molecule has 1 N–H and O–H groups in total. The Hall–Kier alpha value is -2.45. The Kier molecular flexibility index (Phi) is 6.22. The highest BCUT2D eigenvalue weighted by Crippen LogP contribution is 2.34. The molecule has 10 nitrogen and oxygen atoms in total. The van der Waals surface area contributed by atoms with E-state index in [9.17, 15) is 25.3 Å². The van der Waals surface area contributed by atoms with Crippen LogP contribution in [0.5, 0.6) is 0 Å². The number of ether oxygens (including phenoxy) is 1. The van der Waals surface area contributed by atoms with E-state index in [0.29, 0.717) is 12.4 Å². The smallest absolute Gasteiger partial charge is 0.410 e. The largest absolute Gasteiger partial charge is 0.444 e. The fraction of sp³-hybridized carbons (Fsp3) is 0.562. The molecule has 11 heteroatoms. The summed E-state index contributed by atoms with van der Waals surface area (Å²) in [6.45, 7) is 5.87. The van der Waals surface area contributed by atoms with E-state index in [1.165, 1.54) is 4.90 Å². The Morgan fingerprint density at radius 2 is 2.22 bits per heavy atom. The van der Waals surface area contributed by atoms with Crippen LogP contribution in [0, 0.1) is 21.4 Å². The average molecular weight is 442 g/mol. The summed E-state index contributed by atoms with van der Waals surface area (Å²) in [5.41, 5.74) is -1.17. The van der Waals surface area contributed by atoms with Crippen LogP contribution in [0.1, 0.15) is 26.3 Å². The normalized spacial score (nSPS) is 17.4. The maximum Gasteiger partial charge on any atom is 0.410 e. The maximum atomic E-state index is 12.3. The zero-order valence-electron chi connectivity index (χ0n) is 15.2. The van der Waals surface area contributed by atoms with Crippen molar-refractivity contribution in [2.45, 2.75) is 32.4 Å². The van der Waals surface area contributed by atoms with Crippen LogP contribution in [0.25, 0.3) is 0 Å². The number of amides is 1. The zero-order valence-corrected chi connectivity index (χ0v) is 16.8. The second kappa shape index (κ2) is 8.06. The number of rotatable bonds is 3. The molecule has 2 heterocycles. The van der Waals surface area contributed by atoms with Crippen LogP contribution >= 0.6 is 15.9 Å². The van der Waals surface area contributed by atoms with Crippen LogP contribution in [0.4, 0.5) is 16.3 Å². The molecule has 1 amide bonds. The maximum absolute atomic E-state index is 12.3. The number of aliphatic hydroxyl groups excluding tert-OH is 1. The lowest BCUT2D eigenvalue weighted by molar-refractivity contribution is -0.385. The molecule has 0 bridgehead atoms. The highest BCUT2D eigenvalue weighted by Gasteiger charge is 2.35. The molecule has 27 heavy (non-hydrogen) atoms. The molecule has 0 spiro atoms. The zero-order chi connectivity index (χ0) is 20.4. The van der Waals surface area contributed by atoms with Gasteiger partial charge in [-0.05, 0) is 36.7 Å². The molecule has 1 aromatic rings. The van der Waals surface area contributed by atoms with Gasteiger partial charge in [0.15, 0.2) is 0 Å². The second-order valence-electron chi connectivity index (χ2n) is 6.98. The summed E-state index contributed by atoms with van der Waals surface area (Å²) < 4.78 is 5.58. The van der Waals surface area contributed by atoms with Gasteiger partial charge in [0, 0.05) is 19.6 Å². The Balaban J connectivity index is 2.25. The van der Waals surface area contributed by atoms with Crippen molar-refractivity contribution in [1.82, 2.24) is 9.88 Å². The van der Waals surface area contributed by atoms with Crippen LogP contribution < -0.4 is 4.90 Å². The molecule has 0 radical (unpaired) electrons. The number of aromatic nitrogens is 1. The van der Waals surface area contributed by atoms with Gasteiger partial charge in [-0.25, -0.2) is 9.78 Å². The molecule has 1 aromatic heterocycles. The Labute approximate surface area is 164 Å². The minimum Gasteiger partial charge on any atom is -0.444 e. The van der Waals surface area contributed by atoms with E-state index in [1.54, 1.807) is 25.7 Å². The van der Waals surface area contributed by atoms with Gasteiger partial charge in [-0.1, -0.05) is 0 Å². The molecular formula is C16H20BrN5O5. The standard InChI is InChI=1S/C16H20BrN5O5/c1-16(2,3)27-15(24)21-5-4-20(8-10(21)9-23)14-13(17)11(6-18)12(7-19-14)22(25)26/h7,10,23H,4-5,8-9H2,1-3H3/t10-/m1/s1. The SMILES string of the molecule is CC(C)(C)OC(=O)N1CCN(c2ncc([N+](=O)[O-])c(C#N)c2Br)C[C@@H]1CO. The predicted molar refractivity (Wildman–Crippen MR) is 99.3 cm³/mol. The van der Waals surface area contributed by atoms with Crippen molar-refractivity contribution in [2.24, 2.45) is 0 Å². The highest BCUT2D eigenvalue weighted by atomic mass is 79.9. The summed E-state index contributed by atoms with van der Waals surface area (Å²) in [4.78, 5) is 30.0. The number of halogens is 1. The molecule has 0 aromatic carbocycles. The summed E-state index contributed by atoms with van der Waals surface area (Å²) in [5, 5.41) is 30.0. The molecule has 0 aliphatic carbocycles. The fourth-order valence-electron chi connectivity index (χ4n) is 2.70. The number of carbonyl (C=O) groups is 1. The summed E-state index contributed by atoms with van der Waals surface area (Å²) in [5.74, 6) is 0.347. The van der Waals surface area contributed by atoms with Gasteiger partial charge in [-0.3, -0.25) is 15.0 Å². The van der Waals surface area contributed by atoms with Crippen molar-refractivity contribution in [3.05, 3.63) is 26.3 Å². The third-order valence-electron chi connectivity index (χ3n) is 3.91. The number of aliphatic hydroxyl groups is 1. The van der Waals surface area contributed by atoms with Crippen LogP contribution in [0.3, 0.4) is 0 Å². The van der Waals surface area contributed by atoms with Crippen molar-refractivity contribution < 1.29 is 19.6 Å². The molecule has 2 rings (SSSR count). The quantitative estimate of drug-likeness (QED) is 0.556. The number of piperazine rings is 1. The van der Waals surface area contributed by atoms with Crippen molar-refractivity contribution in [1.29, 1.82) is 5.26 Å². The first-order valence-electron chi connectivity index (χ1n) is 8.17. The van der Waals surface area contributed by atoms with Crippen LogP contribution in [0.15, 0.2) is 10.7 Å². The number of carbonyl (C=O) groups excluding carboxylic acids is 1. The summed E-state index contributed by atoms with van der Waals surface area (Å²) in [6, 6.07) is 1.27. The van der Waals surface area contributed by atoms with E-state index >= 15 is 0 Å². The van der Waals surface area contributed by atoms with Gasteiger partial charge in [0.05, 0.1) is 22.0 Å². The lowest BCUT2D eigenvalue weighted by Crippen LogP contribution is -2.57. The number of hydrogen-bond acceptors (Lipinski definition) is 8. The van der Waals surface area contributed by atoms with Gasteiger partial charge < -0.3 is 14.7 Å².